The van der Waals surface area contributed by atoms with Gasteiger partial charge in [-0.2, -0.15) is 5.26 Å². The van der Waals surface area contributed by atoms with Crippen molar-refractivity contribution in [1.82, 2.24) is 14.5 Å². The van der Waals surface area contributed by atoms with Gasteiger partial charge >= 0.3 is 0 Å². The van der Waals surface area contributed by atoms with E-state index in [1.807, 2.05) is 6.07 Å². The number of aromatic nitrogens is 3. The summed E-state index contributed by atoms with van der Waals surface area (Å²) in [6.45, 7) is 2.47. The van der Waals surface area contributed by atoms with Crippen LogP contribution < -0.4 is 4.90 Å². The second kappa shape index (κ2) is 6.52. The number of halogens is 1. The first-order valence-corrected chi connectivity index (χ1v) is 8.50. The minimum atomic E-state index is -0.279. The lowest BCUT2D eigenvalue weighted by atomic mass is 10.1. The van der Waals surface area contributed by atoms with Gasteiger partial charge in [0.1, 0.15) is 11.9 Å². The predicted octanol–water partition coefficient (Wildman–Crippen LogP) is 3.48. The van der Waals surface area contributed by atoms with E-state index in [-0.39, 0.29) is 5.82 Å². The molecule has 3 heterocycles. The van der Waals surface area contributed by atoms with Gasteiger partial charge in [-0.25, -0.2) is 9.37 Å². The highest BCUT2D eigenvalue weighted by atomic mass is 19.1. The molecule has 0 unspecified atom stereocenters. The van der Waals surface area contributed by atoms with Crippen molar-refractivity contribution in [2.75, 3.05) is 18.0 Å². The van der Waals surface area contributed by atoms with Gasteiger partial charge in [-0.3, -0.25) is 4.98 Å². The highest BCUT2D eigenvalue weighted by Gasteiger charge is 2.20. The average Bonchev–Trinajstić information content (AvgIpc) is 3.00. The molecular formula is C19H18FN5. The number of imidazole rings is 1. The Bertz CT molecular complexity index is 933. The minimum Gasteiger partial charge on any atom is -0.342 e. The maximum absolute atomic E-state index is 13.6. The van der Waals surface area contributed by atoms with E-state index in [4.69, 9.17) is 10.2 Å². The zero-order valence-electron chi connectivity index (χ0n) is 13.8. The number of nitriles is 1. The molecule has 0 spiro atoms. The molecule has 126 valence electrons. The third kappa shape index (κ3) is 3.05. The topological polar surface area (TPSA) is 57.7 Å². The Morgan fingerprint density at radius 1 is 1.12 bits per heavy atom. The van der Waals surface area contributed by atoms with Crippen molar-refractivity contribution in [3.05, 3.63) is 53.6 Å². The van der Waals surface area contributed by atoms with Crippen LogP contribution in [0.15, 0.2) is 36.5 Å². The molecule has 0 amide bonds. The zero-order chi connectivity index (χ0) is 17.2. The molecule has 25 heavy (non-hydrogen) atoms. The summed E-state index contributed by atoms with van der Waals surface area (Å²) in [5.74, 6) is 0.588. The van der Waals surface area contributed by atoms with Crippen LogP contribution in [0.25, 0.3) is 11.0 Å². The summed E-state index contributed by atoms with van der Waals surface area (Å²) >= 11 is 0. The molecule has 1 aliphatic rings. The molecule has 1 aromatic carbocycles. The highest BCUT2D eigenvalue weighted by Crippen LogP contribution is 2.26. The Kier molecular flexibility index (Phi) is 4.06. The van der Waals surface area contributed by atoms with E-state index in [9.17, 15) is 4.39 Å². The van der Waals surface area contributed by atoms with Crippen molar-refractivity contribution >= 4 is 17.0 Å². The standard InChI is InChI=1S/C19H18FN5/c20-15-5-7-18-17(10-15)23-19(24-8-2-1-3-9-24)25(18)13-16-6-4-14(11-21)12-22-16/h4-7,10,12H,1-3,8-9,13H2. The molecule has 1 saturated heterocycles. The van der Waals surface area contributed by atoms with Crippen molar-refractivity contribution in [2.45, 2.75) is 25.8 Å². The monoisotopic (exact) mass is 335 g/mol. The quantitative estimate of drug-likeness (QED) is 0.735. The Labute approximate surface area is 145 Å². The zero-order valence-corrected chi connectivity index (χ0v) is 13.8. The van der Waals surface area contributed by atoms with Crippen LogP contribution >= 0.6 is 0 Å². The van der Waals surface area contributed by atoms with Gasteiger partial charge in [0.05, 0.1) is 28.8 Å². The second-order valence-corrected chi connectivity index (χ2v) is 6.33. The lowest BCUT2D eigenvalue weighted by Gasteiger charge is -2.28. The molecule has 0 radical (unpaired) electrons. The molecular weight excluding hydrogens is 317 g/mol. The lowest BCUT2D eigenvalue weighted by molar-refractivity contribution is 0.559. The van der Waals surface area contributed by atoms with Gasteiger partial charge < -0.3 is 9.47 Å². The molecule has 1 aliphatic heterocycles. The van der Waals surface area contributed by atoms with Gasteiger partial charge in [0.15, 0.2) is 0 Å². The summed E-state index contributed by atoms with van der Waals surface area (Å²) in [4.78, 5) is 11.3. The van der Waals surface area contributed by atoms with Crippen LogP contribution in [-0.4, -0.2) is 27.6 Å². The van der Waals surface area contributed by atoms with E-state index in [0.717, 1.165) is 43.1 Å². The lowest BCUT2D eigenvalue weighted by Crippen LogP contribution is -2.32. The van der Waals surface area contributed by atoms with Crippen LogP contribution in [-0.2, 0) is 6.54 Å². The maximum Gasteiger partial charge on any atom is 0.206 e. The number of piperidine rings is 1. The Balaban J connectivity index is 1.77. The normalized spacial score (nSPS) is 14.6. The summed E-state index contributed by atoms with van der Waals surface area (Å²) in [5, 5.41) is 8.92. The molecule has 2 aromatic heterocycles. The van der Waals surface area contributed by atoms with Gasteiger partial charge in [0.2, 0.25) is 5.95 Å². The van der Waals surface area contributed by atoms with Gasteiger partial charge in [0, 0.05) is 25.4 Å². The molecule has 4 rings (SSSR count). The van der Waals surface area contributed by atoms with Crippen LogP contribution in [0, 0.1) is 17.1 Å². The molecule has 0 N–H and O–H groups in total. The Morgan fingerprint density at radius 2 is 1.96 bits per heavy atom. The van der Waals surface area contributed by atoms with Crippen molar-refractivity contribution < 1.29 is 4.39 Å². The Morgan fingerprint density at radius 3 is 2.68 bits per heavy atom. The van der Waals surface area contributed by atoms with E-state index >= 15 is 0 Å². The summed E-state index contributed by atoms with van der Waals surface area (Å²) < 4.78 is 15.7. The number of fused-ring (bicyclic) bond motifs is 1. The molecule has 0 saturated carbocycles. The molecule has 1 fully saturated rings. The average molecular weight is 335 g/mol. The van der Waals surface area contributed by atoms with E-state index in [1.54, 1.807) is 18.3 Å². The third-order valence-electron chi connectivity index (χ3n) is 4.60. The predicted molar refractivity (Wildman–Crippen MR) is 93.8 cm³/mol. The highest BCUT2D eigenvalue weighted by molar-refractivity contribution is 5.79. The van der Waals surface area contributed by atoms with E-state index in [0.29, 0.717) is 17.6 Å². The van der Waals surface area contributed by atoms with Crippen molar-refractivity contribution in [1.29, 1.82) is 5.26 Å². The van der Waals surface area contributed by atoms with Crippen molar-refractivity contribution in [3.8, 4) is 6.07 Å². The SMILES string of the molecule is N#Cc1ccc(Cn2c(N3CCCCC3)nc3cc(F)ccc32)nc1. The number of benzene rings is 1. The number of rotatable bonds is 3. The fourth-order valence-electron chi connectivity index (χ4n) is 3.33. The van der Waals surface area contributed by atoms with Crippen LogP contribution in [0.5, 0.6) is 0 Å². The largest absolute Gasteiger partial charge is 0.342 e. The molecule has 3 aromatic rings. The Hall–Kier alpha value is -2.94. The molecule has 0 atom stereocenters. The van der Waals surface area contributed by atoms with Crippen LogP contribution in [0.4, 0.5) is 10.3 Å². The van der Waals surface area contributed by atoms with Crippen molar-refractivity contribution in [2.24, 2.45) is 0 Å². The first kappa shape index (κ1) is 15.6. The summed E-state index contributed by atoms with van der Waals surface area (Å²) in [6.07, 6.45) is 5.11. The number of nitrogens with zero attached hydrogens (tertiary/aromatic N) is 5. The van der Waals surface area contributed by atoms with Gasteiger partial charge in [-0.15, -0.1) is 0 Å². The minimum absolute atomic E-state index is 0.279. The number of anilines is 1. The summed E-state index contributed by atoms with van der Waals surface area (Å²) in [7, 11) is 0. The molecule has 5 nitrogen and oxygen atoms in total. The number of pyridine rings is 1. The maximum atomic E-state index is 13.6. The fourth-order valence-corrected chi connectivity index (χ4v) is 3.33. The number of hydrogen-bond acceptors (Lipinski definition) is 4. The van der Waals surface area contributed by atoms with Gasteiger partial charge in [-0.05, 0) is 43.5 Å². The summed E-state index contributed by atoms with van der Waals surface area (Å²) in [6, 6.07) is 10.4. The molecule has 0 bridgehead atoms. The number of hydrogen-bond donors (Lipinski definition) is 0. The van der Waals surface area contributed by atoms with Gasteiger partial charge in [0.25, 0.3) is 0 Å². The van der Waals surface area contributed by atoms with Crippen LogP contribution in [0.2, 0.25) is 0 Å². The first-order chi connectivity index (χ1) is 12.2. The van der Waals surface area contributed by atoms with Crippen LogP contribution in [0.1, 0.15) is 30.5 Å². The summed E-state index contributed by atoms with van der Waals surface area (Å²) in [5.41, 5.74) is 2.95. The fraction of sp³-hybridized carbons (Fsp3) is 0.316. The van der Waals surface area contributed by atoms with E-state index in [2.05, 4.69) is 20.5 Å². The third-order valence-corrected chi connectivity index (χ3v) is 4.60. The second-order valence-electron chi connectivity index (χ2n) is 6.33. The van der Waals surface area contributed by atoms with E-state index < -0.39 is 0 Å². The molecule has 0 aliphatic carbocycles. The van der Waals surface area contributed by atoms with Crippen LogP contribution in [0.3, 0.4) is 0 Å². The van der Waals surface area contributed by atoms with E-state index in [1.165, 1.54) is 18.6 Å². The van der Waals surface area contributed by atoms with Crippen molar-refractivity contribution in [3.63, 3.8) is 0 Å². The first-order valence-electron chi connectivity index (χ1n) is 8.50. The molecule has 6 heteroatoms. The van der Waals surface area contributed by atoms with Gasteiger partial charge in [-0.1, -0.05) is 0 Å². The smallest absolute Gasteiger partial charge is 0.206 e.